The molecule has 0 saturated carbocycles. The highest BCUT2D eigenvalue weighted by atomic mass is 19.1. The third kappa shape index (κ3) is 3.71. The average Bonchev–Trinajstić information content (AvgIpc) is 1.82. The van der Waals surface area contributed by atoms with Crippen LogP contribution in [-0.2, 0) is 0 Å². The molecular formula is C8H11F. The van der Waals surface area contributed by atoms with Gasteiger partial charge in [0.15, 0.2) is 0 Å². The van der Waals surface area contributed by atoms with Crippen LogP contribution in [-0.4, -0.2) is 0 Å². The molecule has 0 aliphatic heterocycles. The molecule has 0 aliphatic rings. The molecule has 0 heterocycles. The van der Waals surface area contributed by atoms with Crippen LogP contribution in [0.2, 0.25) is 0 Å². The highest BCUT2D eigenvalue weighted by Crippen LogP contribution is 2.06. The van der Waals surface area contributed by atoms with Crippen molar-refractivity contribution >= 4 is 0 Å². The van der Waals surface area contributed by atoms with Gasteiger partial charge in [-0.2, -0.15) is 0 Å². The lowest BCUT2D eigenvalue weighted by atomic mass is 10.2. The van der Waals surface area contributed by atoms with Gasteiger partial charge in [0.2, 0.25) is 0 Å². The predicted molar refractivity (Wildman–Crippen MR) is 38.8 cm³/mol. The standard InChI is InChI=1S/C8H11F/c1-4-5-6-7(2)8(3)9/h4-6H,3H2,1-2H3/b5-4-,7-6-. The van der Waals surface area contributed by atoms with Gasteiger partial charge in [-0.25, -0.2) is 4.39 Å². The Morgan fingerprint density at radius 2 is 2.11 bits per heavy atom. The molecule has 0 unspecified atom stereocenters. The summed E-state index contributed by atoms with van der Waals surface area (Å²) < 4.78 is 12.1. The van der Waals surface area contributed by atoms with E-state index in [1.165, 1.54) is 0 Å². The molecule has 0 radical (unpaired) electrons. The van der Waals surface area contributed by atoms with Gasteiger partial charge < -0.3 is 0 Å². The lowest BCUT2D eigenvalue weighted by molar-refractivity contribution is 0.656. The van der Waals surface area contributed by atoms with Gasteiger partial charge in [-0.3, -0.25) is 0 Å². The van der Waals surface area contributed by atoms with E-state index in [-0.39, 0.29) is 5.83 Å². The fourth-order valence-electron chi connectivity index (χ4n) is 0.331. The maximum Gasteiger partial charge on any atom is 0.118 e. The van der Waals surface area contributed by atoms with Crippen molar-refractivity contribution in [2.24, 2.45) is 0 Å². The van der Waals surface area contributed by atoms with Gasteiger partial charge in [-0.05, 0) is 19.4 Å². The van der Waals surface area contributed by atoms with Gasteiger partial charge in [0, 0.05) is 0 Å². The van der Waals surface area contributed by atoms with Crippen molar-refractivity contribution in [1.82, 2.24) is 0 Å². The topological polar surface area (TPSA) is 0 Å². The quantitative estimate of drug-likeness (QED) is 0.499. The lowest BCUT2D eigenvalue weighted by Crippen LogP contribution is -1.70. The first kappa shape index (κ1) is 8.15. The van der Waals surface area contributed by atoms with Gasteiger partial charge in [0.1, 0.15) is 5.83 Å². The van der Waals surface area contributed by atoms with E-state index in [1.54, 1.807) is 19.1 Å². The van der Waals surface area contributed by atoms with Crippen LogP contribution in [0.1, 0.15) is 13.8 Å². The predicted octanol–water partition coefficient (Wildman–Crippen LogP) is 2.99. The van der Waals surface area contributed by atoms with E-state index in [2.05, 4.69) is 6.58 Å². The van der Waals surface area contributed by atoms with Gasteiger partial charge >= 0.3 is 0 Å². The van der Waals surface area contributed by atoms with Crippen LogP contribution in [0.5, 0.6) is 0 Å². The monoisotopic (exact) mass is 126 g/mol. The zero-order valence-electron chi connectivity index (χ0n) is 5.82. The number of hydrogen-bond acceptors (Lipinski definition) is 0. The largest absolute Gasteiger partial charge is 0.207 e. The van der Waals surface area contributed by atoms with Gasteiger partial charge in [-0.1, -0.05) is 24.8 Å². The van der Waals surface area contributed by atoms with Crippen LogP contribution in [0.15, 0.2) is 36.2 Å². The molecular weight excluding hydrogens is 115 g/mol. The van der Waals surface area contributed by atoms with Crippen molar-refractivity contribution in [3.8, 4) is 0 Å². The van der Waals surface area contributed by atoms with Crippen molar-refractivity contribution in [1.29, 1.82) is 0 Å². The van der Waals surface area contributed by atoms with Crippen molar-refractivity contribution in [3.63, 3.8) is 0 Å². The van der Waals surface area contributed by atoms with Crippen LogP contribution in [0.4, 0.5) is 4.39 Å². The van der Waals surface area contributed by atoms with E-state index in [0.29, 0.717) is 5.57 Å². The Balaban J connectivity index is 4.00. The summed E-state index contributed by atoms with van der Waals surface area (Å²) in [6, 6.07) is 0. The lowest BCUT2D eigenvalue weighted by Gasteiger charge is -1.88. The molecule has 0 N–H and O–H groups in total. The summed E-state index contributed by atoms with van der Waals surface area (Å²) in [6.07, 6.45) is 5.30. The molecule has 0 atom stereocenters. The normalized spacial score (nSPS) is 12.6. The van der Waals surface area contributed by atoms with Crippen LogP contribution in [0.3, 0.4) is 0 Å². The summed E-state index contributed by atoms with van der Waals surface area (Å²) >= 11 is 0. The minimum atomic E-state index is -0.367. The molecule has 0 fully saturated rings. The van der Waals surface area contributed by atoms with Crippen molar-refractivity contribution in [2.75, 3.05) is 0 Å². The first-order chi connectivity index (χ1) is 4.18. The summed E-state index contributed by atoms with van der Waals surface area (Å²) in [4.78, 5) is 0. The first-order valence-electron chi connectivity index (χ1n) is 2.83. The Kier molecular flexibility index (Phi) is 3.69. The maximum atomic E-state index is 12.1. The molecule has 0 aliphatic carbocycles. The molecule has 0 aromatic heterocycles. The van der Waals surface area contributed by atoms with Crippen molar-refractivity contribution in [3.05, 3.63) is 36.2 Å². The summed E-state index contributed by atoms with van der Waals surface area (Å²) in [5, 5.41) is 0. The Bertz CT molecular complexity index is 152. The Hall–Kier alpha value is -0.850. The van der Waals surface area contributed by atoms with Crippen LogP contribution >= 0.6 is 0 Å². The highest BCUT2D eigenvalue weighted by Gasteiger charge is 1.88. The van der Waals surface area contributed by atoms with Gasteiger partial charge in [0.05, 0.1) is 0 Å². The minimum Gasteiger partial charge on any atom is -0.207 e. The number of allylic oxidation sites excluding steroid dienone is 5. The number of rotatable bonds is 2. The molecule has 9 heavy (non-hydrogen) atoms. The highest BCUT2D eigenvalue weighted by molar-refractivity contribution is 5.24. The zero-order chi connectivity index (χ0) is 7.28. The Morgan fingerprint density at radius 3 is 2.44 bits per heavy atom. The number of hydrogen-bond donors (Lipinski definition) is 0. The second kappa shape index (κ2) is 4.07. The maximum absolute atomic E-state index is 12.1. The summed E-state index contributed by atoms with van der Waals surface area (Å²) in [5.74, 6) is -0.367. The first-order valence-corrected chi connectivity index (χ1v) is 2.83. The van der Waals surface area contributed by atoms with E-state index in [9.17, 15) is 4.39 Å². The molecule has 0 saturated heterocycles. The summed E-state index contributed by atoms with van der Waals surface area (Å²) in [5.41, 5.74) is 0.577. The van der Waals surface area contributed by atoms with E-state index in [1.807, 2.05) is 13.0 Å². The third-order valence-electron chi connectivity index (χ3n) is 0.967. The SMILES string of the molecule is C=C(F)/C(C)=C\C=C/C. The fraction of sp³-hybridized carbons (Fsp3) is 0.250. The van der Waals surface area contributed by atoms with Gasteiger partial charge in [0.25, 0.3) is 0 Å². The van der Waals surface area contributed by atoms with E-state index in [4.69, 9.17) is 0 Å². The molecule has 50 valence electrons. The summed E-state index contributed by atoms with van der Waals surface area (Å²) in [6.45, 7) is 6.70. The van der Waals surface area contributed by atoms with Crippen molar-refractivity contribution < 1.29 is 4.39 Å². The molecule has 0 rings (SSSR count). The van der Waals surface area contributed by atoms with Crippen LogP contribution in [0.25, 0.3) is 0 Å². The molecule has 0 aromatic rings. The summed E-state index contributed by atoms with van der Waals surface area (Å²) in [7, 11) is 0. The second-order valence-corrected chi connectivity index (χ2v) is 1.78. The molecule has 0 bridgehead atoms. The van der Waals surface area contributed by atoms with E-state index < -0.39 is 0 Å². The van der Waals surface area contributed by atoms with Gasteiger partial charge in [-0.15, -0.1) is 0 Å². The Morgan fingerprint density at radius 1 is 1.56 bits per heavy atom. The number of halogens is 1. The molecule has 1 heteroatoms. The molecule has 0 amide bonds. The zero-order valence-corrected chi connectivity index (χ0v) is 5.82. The van der Waals surface area contributed by atoms with Crippen molar-refractivity contribution in [2.45, 2.75) is 13.8 Å². The van der Waals surface area contributed by atoms with Crippen LogP contribution < -0.4 is 0 Å². The smallest absolute Gasteiger partial charge is 0.118 e. The van der Waals surface area contributed by atoms with E-state index >= 15 is 0 Å². The molecule has 0 aromatic carbocycles. The third-order valence-corrected chi connectivity index (χ3v) is 0.967. The average molecular weight is 126 g/mol. The van der Waals surface area contributed by atoms with Crippen LogP contribution in [0, 0.1) is 0 Å². The fourth-order valence-corrected chi connectivity index (χ4v) is 0.331. The second-order valence-electron chi connectivity index (χ2n) is 1.78. The minimum absolute atomic E-state index is 0.367. The molecule has 0 spiro atoms. The Labute approximate surface area is 55.4 Å². The molecule has 0 nitrogen and oxygen atoms in total. The van der Waals surface area contributed by atoms with E-state index in [0.717, 1.165) is 0 Å².